The van der Waals surface area contributed by atoms with E-state index in [2.05, 4.69) is 0 Å². The second-order valence-corrected chi connectivity index (χ2v) is 4.34. The lowest BCUT2D eigenvalue weighted by atomic mass is 10.1. The number of nitrogens with two attached hydrogens (primary N) is 1. The molecule has 0 radical (unpaired) electrons. The third-order valence-electron chi connectivity index (χ3n) is 3.04. The minimum atomic E-state index is -0.497. The van der Waals surface area contributed by atoms with Crippen LogP contribution in [-0.2, 0) is 11.3 Å². The number of carbonyl (C=O) groups is 1. The molecule has 1 aromatic rings. The summed E-state index contributed by atoms with van der Waals surface area (Å²) in [6.07, 6.45) is 0.590. The van der Waals surface area contributed by atoms with Crippen LogP contribution in [0.25, 0.3) is 0 Å². The fourth-order valence-corrected chi connectivity index (χ4v) is 1.78. The van der Waals surface area contributed by atoms with Crippen LogP contribution in [0.4, 0.5) is 4.39 Å². The molecule has 0 fully saturated rings. The molecule has 2 N–H and O–H groups in total. The van der Waals surface area contributed by atoms with E-state index in [-0.39, 0.29) is 11.7 Å². The maximum absolute atomic E-state index is 13.6. The fourth-order valence-electron chi connectivity index (χ4n) is 1.78. The molecule has 5 heteroatoms. The number of rotatable bonds is 6. The Labute approximate surface area is 113 Å². The van der Waals surface area contributed by atoms with Crippen molar-refractivity contribution in [2.45, 2.75) is 32.9 Å². The first-order valence-electron chi connectivity index (χ1n) is 6.40. The summed E-state index contributed by atoms with van der Waals surface area (Å²) in [5.41, 5.74) is 6.46. The fraction of sp³-hybridized carbons (Fsp3) is 0.500. The summed E-state index contributed by atoms with van der Waals surface area (Å²) in [7, 11) is 1.42. The molecule has 0 spiro atoms. The van der Waals surface area contributed by atoms with Crippen LogP contribution in [0.15, 0.2) is 18.2 Å². The predicted molar refractivity (Wildman–Crippen MR) is 72.3 cm³/mol. The minimum absolute atomic E-state index is 0.110. The molecular formula is C14H21FN2O2. The molecule has 0 saturated heterocycles. The number of likely N-dealkylation sites (N-methyl/N-ethyl adjacent to an activating group) is 1. The zero-order chi connectivity index (χ0) is 14.4. The zero-order valence-electron chi connectivity index (χ0n) is 11.6. The minimum Gasteiger partial charge on any atom is -0.494 e. The normalized spacial score (nSPS) is 12.1. The number of nitrogens with zero attached hydrogens (tertiary/aromatic N) is 1. The van der Waals surface area contributed by atoms with Crippen molar-refractivity contribution in [3.63, 3.8) is 0 Å². The highest BCUT2D eigenvalue weighted by molar-refractivity contribution is 5.81. The van der Waals surface area contributed by atoms with Crippen LogP contribution in [0.3, 0.4) is 0 Å². The molecular weight excluding hydrogens is 247 g/mol. The second kappa shape index (κ2) is 7.09. The summed E-state index contributed by atoms with van der Waals surface area (Å²) in [4.78, 5) is 13.6. The molecule has 0 aliphatic carbocycles. The molecule has 0 saturated carbocycles. The van der Waals surface area contributed by atoms with Crippen LogP contribution >= 0.6 is 0 Å². The highest BCUT2D eigenvalue weighted by Gasteiger charge is 2.18. The van der Waals surface area contributed by atoms with E-state index in [4.69, 9.17) is 10.5 Å². The number of benzene rings is 1. The Hall–Kier alpha value is -1.62. The van der Waals surface area contributed by atoms with Crippen molar-refractivity contribution >= 4 is 5.91 Å². The number of hydrogen-bond donors (Lipinski definition) is 1. The summed E-state index contributed by atoms with van der Waals surface area (Å²) in [5, 5.41) is 0. The van der Waals surface area contributed by atoms with Gasteiger partial charge in [0.15, 0.2) is 11.6 Å². The Kier molecular flexibility index (Phi) is 5.76. The van der Waals surface area contributed by atoms with Gasteiger partial charge in [-0.05, 0) is 31.0 Å². The molecule has 106 valence electrons. The molecule has 0 heterocycles. The molecule has 0 bridgehead atoms. The Morgan fingerprint density at radius 2 is 2.16 bits per heavy atom. The van der Waals surface area contributed by atoms with Gasteiger partial charge in [0.05, 0.1) is 13.2 Å². The molecule has 19 heavy (non-hydrogen) atoms. The molecule has 0 unspecified atom stereocenters. The Balaban J connectivity index is 2.81. The SMILES string of the molecule is CC[C@H](N)C(=O)N(CC)Cc1ccc(OC)c(F)c1. The molecule has 1 aromatic carbocycles. The topological polar surface area (TPSA) is 55.6 Å². The average molecular weight is 268 g/mol. The molecule has 1 atom stereocenters. The lowest BCUT2D eigenvalue weighted by Crippen LogP contribution is -2.42. The standard InChI is InChI=1S/C14H21FN2O2/c1-4-12(16)14(18)17(5-2)9-10-6-7-13(19-3)11(15)8-10/h6-8,12H,4-5,9,16H2,1-3H3/t12-/m0/s1. The van der Waals surface area contributed by atoms with Gasteiger partial charge in [0.1, 0.15) is 0 Å². The van der Waals surface area contributed by atoms with E-state index < -0.39 is 11.9 Å². The van der Waals surface area contributed by atoms with E-state index in [0.717, 1.165) is 5.56 Å². The first-order valence-corrected chi connectivity index (χ1v) is 6.40. The van der Waals surface area contributed by atoms with Crippen molar-refractivity contribution < 1.29 is 13.9 Å². The van der Waals surface area contributed by atoms with E-state index in [1.165, 1.54) is 13.2 Å². The first kappa shape index (κ1) is 15.4. The van der Waals surface area contributed by atoms with Crippen molar-refractivity contribution in [1.82, 2.24) is 4.90 Å². The van der Waals surface area contributed by atoms with Gasteiger partial charge < -0.3 is 15.4 Å². The van der Waals surface area contributed by atoms with Gasteiger partial charge in [-0.1, -0.05) is 13.0 Å². The lowest BCUT2D eigenvalue weighted by molar-refractivity contribution is -0.133. The van der Waals surface area contributed by atoms with Crippen LogP contribution in [-0.4, -0.2) is 30.5 Å². The van der Waals surface area contributed by atoms with Crippen molar-refractivity contribution in [2.75, 3.05) is 13.7 Å². The largest absolute Gasteiger partial charge is 0.494 e. The smallest absolute Gasteiger partial charge is 0.239 e. The zero-order valence-corrected chi connectivity index (χ0v) is 11.6. The number of halogens is 1. The highest BCUT2D eigenvalue weighted by Crippen LogP contribution is 2.18. The summed E-state index contributed by atoms with van der Waals surface area (Å²) >= 11 is 0. The van der Waals surface area contributed by atoms with Crippen LogP contribution in [0, 0.1) is 5.82 Å². The van der Waals surface area contributed by atoms with Crippen LogP contribution in [0.5, 0.6) is 5.75 Å². The number of amides is 1. The van der Waals surface area contributed by atoms with Gasteiger partial charge >= 0.3 is 0 Å². The van der Waals surface area contributed by atoms with Gasteiger partial charge in [-0.3, -0.25) is 4.79 Å². The van der Waals surface area contributed by atoms with E-state index >= 15 is 0 Å². The van der Waals surface area contributed by atoms with Gasteiger partial charge in [0, 0.05) is 13.1 Å². The third-order valence-corrected chi connectivity index (χ3v) is 3.04. The van der Waals surface area contributed by atoms with Crippen molar-refractivity contribution in [3.05, 3.63) is 29.6 Å². The van der Waals surface area contributed by atoms with Gasteiger partial charge in [0.25, 0.3) is 0 Å². The number of hydrogen-bond acceptors (Lipinski definition) is 3. The average Bonchev–Trinajstić information content (AvgIpc) is 2.43. The Morgan fingerprint density at radius 1 is 1.47 bits per heavy atom. The maximum atomic E-state index is 13.6. The predicted octanol–water partition coefficient (Wildman–Crippen LogP) is 1.92. The van der Waals surface area contributed by atoms with Crippen LogP contribution < -0.4 is 10.5 Å². The number of carbonyl (C=O) groups excluding carboxylic acids is 1. The molecule has 1 rings (SSSR count). The van der Waals surface area contributed by atoms with Gasteiger partial charge in [-0.25, -0.2) is 4.39 Å². The summed E-state index contributed by atoms with van der Waals surface area (Å²) in [6.45, 7) is 4.63. The Bertz CT molecular complexity index is 437. The van der Waals surface area contributed by atoms with E-state index in [1.54, 1.807) is 17.0 Å². The van der Waals surface area contributed by atoms with Gasteiger partial charge in [0.2, 0.25) is 5.91 Å². The maximum Gasteiger partial charge on any atom is 0.239 e. The first-order chi connectivity index (χ1) is 9.03. The number of methoxy groups -OCH3 is 1. The quantitative estimate of drug-likeness (QED) is 0.857. The lowest BCUT2D eigenvalue weighted by Gasteiger charge is -2.24. The van der Waals surface area contributed by atoms with Crippen LogP contribution in [0.1, 0.15) is 25.8 Å². The van der Waals surface area contributed by atoms with Crippen molar-refractivity contribution in [2.24, 2.45) is 5.73 Å². The monoisotopic (exact) mass is 268 g/mol. The van der Waals surface area contributed by atoms with Gasteiger partial charge in [-0.2, -0.15) is 0 Å². The second-order valence-electron chi connectivity index (χ2n) is 4.34. The van der Waals surface area contributed by atoms with Crippen LogP contribution in [0.2, 0.25) is 0 Å². The highest BCUT2D eigenvalue weighted by atomic mass is 19.1. The molecule has 0 aliphatic rings. The van der Waals surface area contributed by atoms with Crippen molar-refractivity contribution in [3.8, 4) is 5.75 Å². The third kappa shape index (κ3) is 3.92. The van der Waals surface area contributed by atoms with E-state index in [1.807, 2.05) is 13.8 Å². The summed E-state index contributed by atoms with van der Waals surface area (Å²) < 4.78 is 18.4. The molecule has 0 aliphatic heterocycles. The van der Waals surface area contributed by atoms with Gasteiger partial charge in [-0.15, -0.1) is 0 Å². The molecule has 4 nitrogen and oxygen atoms in total. The summed E-state index contributed by atoms with van der Waals surface area (Å²) in [5.74, 6) is -0.340. The Morgan fingerprint density at radius 3 is 2.63 bits per heavy atom. The van der Waals surface area contributed by atoms with Crippen molar-refractivity contribution in [1.29, 1.82) is 0 Å². The summed E-state index contributed by atoms with van der Waals surface area (Å²) in [6, 6.07) is 4.19. The van der Waals surface area contributed by atoms with E-state index in [9.17, 15) is 9.18 Å². The van der Waals surface area contributed by atoms with E-state index in [0.29, 0.717) is 19.5 Å². The molecule has 1 amide bonds. The number of ether oxygens (including phenoxy) is 1. The molecule has 0 aromatic heterocycles.